The Kier molecular flexibility index (Phi) is 4.92. The van der Waals surface area contributed by atoms with E-state index in [-0.39, 0.29) is 18.2 Å². The lowest BCUT2D eigenvalue weighted by molar-refractivity contribution is -0.118. The summed E-state index contributed by atoms with van der Waals surface area (Å²) < 4.78 is 31.7. The van der Waals surface area contributed by atoms with Crippen molar-refractivity contribution in [1.29, 1.82) is 0 Å². The van der Waals surface area contributed by atoms with E-state index < -0.39 is 17.5 Å². The summed E-state index contributed by atoms with van der Waals surface area (Å²) in [6, 6.07) is 9.74. The van der Waals surface area contributed by atoms with Gasteiger partial charge >= 0.3 is 0 Å². The number of carbonyl (C=O) groups excluding carboxylic acids is 2. The molecule has 0 saturated carbocycles. The molecule has 130 valence electrons. The van der Waals surface area contributed by atoms with Gasteiger partial charge in [0.2, 0.25) is 5.91 Å². The van der Waals surface area contributed by atoms with Crippen LogP contribution in [-0.4, -0.2) is 25.0 Å². The van der Waals surface area contributed by atoms with Gasteiger partial charge in [0.1, 0.15) is 17.4 Å². The lowest BCUT2D eigenvalue weighted by Gasteiger charge is -2.16. The molecule has 1 aliphatic heterocycles. The van der Waals surface area contributed by atoms with Gasteiger partial charge in [0, 0.05) is 30.8 Å². The van der Waals surface area contributed by atoms with E-state index in [1.807, 2.05) is 0 Å². The van der Waals surface area contributed by atoms with Crippen molar-refractivity contribution in [2.24, 2.45) is 0 Å². The smallest absolute Gasteiger partial charge is 0.262 e. The SMILES string of the molecule is O=C(COc1cccc(N2CCCC2=O)c1)Nc1ccc(F)cc1F. The summed E-state index contributed by atoms with van der Waals surface area (Å²) in [5, 5.41) is 2.31. The fourth-order valence-corrected chi connectivity index (χ4v) is 2.59. The van der Waals surface area contributed by atoms with Crippen molar-refractivity contribution in [2.45, 2.75) is 12.8 Å². The van der Waals surface area contributed by atoms with E-state index in [4.69, 9.17) is 4.74 Å². The maximum Gasteiger partial charge on any atom is 0.262 e. The number of anilines is 2. The molecule has 0 spiro atoms. The minimum Gasteiger partial charge on any atom is -0.484 e. The van der Waals surface area contributed by atoms with E-state index in [9.17, 15) is 18.4 Å². The average molecular weight is 346 g/mol. The second-order valence-corrected chi connectivity index (χ2v) is 5.61. The molecule has 0 atom stereocenters. The summed E-state index contributed by atoms with van der Waals surface area (Å²) in [7, 11) is 0. The van der Waals surface area contributed by atoms with Crippen LogP contribution >= 0.6 is 0 Å². The van der Waals surface area contributed by atoms with E-state index in [2.05, 4.69) is 5.32 Å². The maximum atomic E-state index is 13.5. The van der Waals surface area contributed by atoms with Crippen LogP contribution in [0.1, 0.15) is 12.8 Å². The third-order valence-electron chi connectivity index (χ3n) is 3.78. The summed E-state index contributed by atoms with van der Waals surface area (Å²) in [6.07, 6.45) is 1.34. The van der Waals surface area contributed by atoms with Gasteiger partial charge in [-0.2, -0.15) is 0 Å². The molecule has 7 heteroatoms. The molecule has 1 heterocycles. The standard InChI is InChI=1S/C18H16F2N2O3/c19-12-6-7-16(15(20)9-12)21-17(23)11-25-14-4-1-3-13(10-14)22-8-2-5-18(22)24/h1,3-4,6-7,9-10H,2,5,8,11H2,(H,21,23). The minimum absolute atomic E-state index is 0.0571. The Morgan fingerprint density at radius 2 is 2.04 bits per heavy atom. The molecular weight excluding hydrogens is 330 g/mol. The largest absolute Gasteiger partial charge is 0.484 e. The molecule has 1 saturated heterocycles. The first kappa shape index (κ1) is 16.9. The fraction of sp³-hybridized carbons (Fsp3) is 0.222. The zero-order valence-corrected chi connectivity index (χ0v) is 13.3. The number of ether oxygens (including phenoxy) is 1. The highest BCUT2D eigenvalue weighted by Crippen LogP contribution is 2.25. The van der Waals surface area contributed by atoms with Crippen LogP contribution in [0, 0.1) is 11.6 Å². The summed E-state index contributed by atoms with van der Waals surface area (Å²) in [4.78, 5) is 25.3. The molecule has 2 amide bonds. The molecule has 2 aromatic rings. The van der Waals surface area contributed by atoms with E-state index in [0.29, 0.717) is 30.5 Å². The van der Waals surface area contributed by atoms with Gasteiger partial charge in [-0.15, -0.1) is 0 Å². The van der Waals surface area contributed by atoms with Gasteiger partial charge in [-0.3, -0.25) is 9.59 Å². The van der Waals surface area contributed by atoms with Gasteiger partial charge in [-0.25, -0.2) is 8.78 Å². The Bertz CT molecular complexity index is 811. The van der Waals surface area contributed by atoms with Crippen molar-refractivity contribution in [3.05, 3.63) is 54.1 Å². The van der Waals surface area contributed by atoms with Crippen LogP contribution in [0.2, 0.25) is 0 Å². The first-order valence-electron chi connectivity index (χ1n) is 7.81. The predicted molar refractivity (Wildman–Crippen MR) is 88.5 cm³/mol. The van der Waals surface area contributed by atoms with Gasteiger partial charge < -0.3 is 15.0 Å². The van der Waals surface area contributed by atoms with Crippen LogP contribution in [-0.2, 0) is 9.59 Å². The molecular formula is C18H16F2N2O3. The van der Waals surface area contributed by atoms with Gasteiger partial charge in [-0.05, 0) is 30.7 Å². The Balaban J connectivity index is 1.59. The van der Waals surface area contributed by atoms with Crippen molar-refractivity contribution in [2.75, 3.05) is 23.4 Å². The van der Waals surface area contributed by atoms with Gasteiger partial charge in [0.25, 0.3) is 5.91 Å². The van der Waals surface area contributed by atoms with Gasteiger partial charge in [0.05, 0.1) is 5.69 Å². The van der Waals surface area contributed by atoms with E-state index in [1.54, 1.807) is 29.2 Å². The third-order valence-corrected chi connectivity index (χ3v) is 3.78. The van der Waals surface area contributed by atoms with Crippen LogP contribution in [0.15, 0.2) is 42.5 Å². The number of rotatable bonds is 5. The van der Waals surface area contributed by atoms with Crippen molar-refractivity contribution in [3.8, 4) is 5.75 Å². The van der Waals surface area contributed by atoms with E-state index in [1.165, 1.54) is 0 Å². The number of nitrogens with zero attached hydrogens (tertiary/aromatic N) is 1. The normalized spacial score (nSPS) is 13.8. The number of carbonyl (C=O) groups is 2. The average Bonchev–Trinajstić information content (AvgIpc) is 3.02. The molecule has 0 aliphatic carbocycles. The number of hydrogen-bond donors (Lipinski definition) is 1. The van der Waals surface area contributed by atoms with E-state index >= 15 is 0 Å². The molecule has 0 unspecified atom stereocenters. The molecule has 1 N–H and O–H groups in total. The Morgan fingerprint density at radius 1 is 1.20 bits per heavy atom. The van der Waals surface area contributed by atoms with Crippen molar-refractivity contribution in [1.82, 2.24) is 0 Å². The summed E-state index contributed by atoms with van der Waals surface area (Å²) in [5.41, 5.74) is 0.594. The molecule has 1 fully saturated rings. The van der Waals surface area contributed by atoms with Crippen molar-refractivity contribution < 1.29 is 23.1 Å². The van der Waals surface area contributed by atoms with Crippen LogP contribution in [0.4, 0.5) is 20.2 Å². The Morgan fingerprint density at radius 3 is 2.76 bits per heavy atom. The number of nitrogens with one attached hydrogen (secondary N) is 1. The highest BCUT2D eigenvalue weighted by atomic mass is 19.1. The predicted octanol–water partition coefficient (Wildman–Crippen LogP) is 3.11. The second kappa shape index (κ2) is 7.29. The minimum atomic E-state index is -0.858. The number of amides is 2. The highest BCUT2D eigenvalue weighted by Gasteiger charge is 2.21. The van der Waals surface area contributed by atoms with Crippen molar-refractivity contribution >= 4 is 23.2 Å². The second-order valence-electron chi connectivity index (χ2n) is 5.61. The van der Waals surface area contributed by atoms with Gasteiger partial charge in [-0.1, -0.05) is 6.07 Å². The number of halogens is 2. The monoisotopic (exact) mass is 346 g/mol. The highest BCUT2D eigenvalue weighted by molar-refractivity contribution is 5.95. The van der Waals surface area contributed by atoms with Crippen LogP contribution in [0.3, 0.4) is 0 Å². The molecule has 2 aromatic carbocycles. The summed E-state index contributed by atoms with van der Waals surface area (Å²) in [6.45, 7) is 0.320. The van der Waals surface area contributed by atoms with Crippen LogP contribution in [0.25, 0.3) is 0 Å². The molecule has 1 aliphatic rings. The van der Waals surface area contributed by atoms with Crippen molar-refractivity contribution in [3.63, 3.8) is 0 Å². The zero-order valence-electron chi connectivity index (χ0n) is 13.3. The summed E-state index contributed by atoms with van der Waals surface area (Å²) >= 11 is 0. The number of hydrogen-bond acceptors (Lipinski definition) is 3. The van der Waals surface area contributed by atoms with Crippen LogP contribution in [0.5, 0.6) is 5.75 Å². The lowest BCUT2D eigenvalue weighted by atomic mass is 10.2. The maximum absolute atomic E-state index is 13.5. The first-order chi connectivity index (χ1) is 12.0. The topological polar surface area (TPSA) is 58.6 Å². The first-order valence-corrected chi connectivity index (χ1v) is 7.81. The molecule has 0 radical (unpaired) electrons. The molecule has 5 nitrogen and oxygen atoms in total. The molecule has 0 aromatic heterocycles. The van der Waals surface area contributed by atoms with Crippen LogP contribution < -0.4 is 15.0 Å². The Labute approximate surface area is 143 Å². The molecule has 3 rings (SSSR count). The van der Waals surface area contributed by atoms with E-state index in [0.717, 1.165) is 18.6 Å². The zero-order chi connectivity index (χ0) is 17.8. The third kappa shape index (κ3) is 4.12. The fourth-order valence-electron chi connectivity index (χ4n) is 2.59. The Hall–Kier alpha value is -2.96. The quantitative estimate of drug-likeness (QED) is 0.905. The van der Waals surface area contributed by atoms with Gasteiger partial charge in [0.15, 0.2) is 6.61 Å². The number of benzene rings is 2. The molecule has 25 heavy (non-hydrogen) atoms. The lowest BCUT2D eigenvalue weighted by Crippen LogP contribution is -2.24. The molecule has 0 bridgehead atoms. The summed E-state index contributed by atoms with van der Waals surface area (Å²) in [5.74, 6) is -1.68.